The van der Waals surface area contributed by atoms with Gasteiger partial charge in [-0.15, -0.1) is 0 Å². The average molecular weight is 307 g/mol. The van der Waals surface area contributed by atoms with Gasteiger partial charge in [0.05, 0.1) is 0 Å². The van der Waals surface area contributed by atoms with Gasteiger partial charge in [0.2, 0.25) is 0 Å². The van der Waals surface area contributed by atoms with Crippen LogP contribution < -0.4 is 5.43 Å². The molecular weight excluding hydrogens is 274 g/mol. The quantitative estimate of drug-likeness (QED) is 0.929. The van der Waals surface area contributed by atoms with Crippen molar-refractivity contribution in [3.63, 3.8) is 0 Å². The topological polar surface area (TPSA) is 39.3 Å². The maximum Gasteiger partial charge on any atom is 0.186 e. The van der Waals surface area contributed by atoms with Crippen LogP contribution in [0.4, 0.5) is 0 Å². The van der Waals surface area contributed by atoms with Crippen LogP contribution >= 0.6 is 0 Å². The molecule has 1 fully saturated rings. The molecule has 0 spiro atoms. The molecule has 0 saturated carbocycles. The van der Waals surface area contributed by atoms with E-state index in [4.69, 9.17) is 0 Å². The first-order valence-corrected chi connectivity index (χ1v) is 8.33. The summed E-state index contributed by atoms with van der Waals surface area (Å²) in [6, 6.07) is 1.65. The van der Waals surface area contributed by atoms with Gasteiger partial charge in [-0.25, -0.2) is 0 Å². The average Bonchev–Trinajstić information content (AvgIpc) is 2.48. The highest BCUT2D eigenvalue weighted by Gasteiger charge is 2.23. The van der Waals surface area contributed by atoms with E-state index in [1.54, 1.807) is 12.3 Å². The highest BCUT2D eigenvalue weighted by Crippen LogP contribution is 2.20. The molecule has 1 saturated heterocycles. The van der Waals surface area contributed by atoms with Crippen LogP contribution in [0.2, 0.25) is 0 Å². The molecule has 1 N–H and O–H groups in total. The Bertz CT molecular complexity index is 491. The molecule has 0 atom stereocenters. The number of nitrogens with zero attached hydrogens (tertiary/aromatic N) is 2. The predicted octanol–water partition coefficient (Wildman–Crippen LogP) is 2.74. The number of aromatic nitrogens is 1. The zero-order chi connectivity index (χ0) is 15.2. The van der Waals surface area contributed by atoms with Crippen molar-refractivity contribution < 1.29 is 0 Å². The minimum atomic E-state index is 0. The molecule has 3 rings (SSSR count). The molecule has 3 heterocycles. The number of H-pyrrole nitrogens is 1. The lowest BCUT2D eigenvalue weighted by Gasteiger charge is -2.37. The van der Waals surface area contributed by atoms with Gasteiger partial charge < -0.3 is 9.88 Å². The summed E-state index contributed by atoms with van der Waals surface area (Å²) in [5, 5.41) is 0. The molecule has 126 valence electrons. The van der Waals surface area contributed by atoms with Gasteiger partial charge in [-0.2, -0.15) is 0 Å². The predicted molar refractivity (Wildman–Crippen MR) is 94.3 cm³/mol. The molecule has 2 aliphatic rings. The summed E-state index contributed by atoms with van der Waals surface area (Å²) in [5.74, 6) is 0.908. The third-order valence-electron chi connectivity index (χ3n) is 4.44. The number of hydrogen-bond acceptors (Lipinski definition) is 3. The lowest BCUT2D eigenvalue weighted by atomic mass is 9.95. The minimum absolute atomic E-state index is 0. The van der Waals surface area contributed by atoms with Gasteiger partial charge in [0.25, 0.3) is 0 Å². The fraction of sp³-hybridized carbons (Fsp3) is 0.722. The Morgan fingerprint density at radius 2 is 2.05 bits per heavy atom. The molecule has 4 heteroatoms. The van der Waals surface area contributed by atoms with Crippen molar-refractivity contribution in [1.82, 2.24) is 14.8 Å². The first-order chi connectivity index (χ1) is 10.2. The van der Waals surface area contributed by atoms with E-state index >= 15 is 0 Å². The Morgan fingerprint density at radius 1 is 1.32 bits per heavy atom. The van der Waals surface area contributed by atoms with Crippen molar-refractivity contribution >= 4 is 0 Å². The summed E-state index contributed by atoms with van der Waals surface area (Å²) in [5.41, 5.74) is 2.32. The summed E-state index contributed by atoms with van der Waals surface area (Å²) in [6.07, 6.45) is 5.35. The first-order valence-electron chi connectivity index (χ1n) is 8.33. The van der Waals surface area contributed by atoms with E-state index in [1.807, 2.05) is 13.8 Å². The number of rotatable bonds is 4. The van der Waals surface area contributed by atoms with Crippen LogP contribution in [0.5, 0.6) is 0 Å². The highest BCUT2D eigenvalue weighted by atomic mass is 16.1. The van der Waals surface area contributed by atoms with Crippen LogP contribution in [0.25, 0.3) is 0 Å². The van der Waals surface area contributed by atoms with E-state index in [0.29, 0.717) is 0 Å². The molecule has 22 heavy (non-hydrogen) atoms. The normalized spacial score (nSPS) is 18.5. The Hall–Kier alpha value is -1.13. The molecule has 0 unspecified atom stereocenters. The van der Waals surface area contributed by atoms with Crippen LogP contribution in [0, 0.1) is 5.92 Å². The molecule has 4 nitrogen and oxygen atoms in total. The Labute approximate surface area is 135 Å². The van der Waals surface area contributed by atoms with Crippen molar-refractivity contribution in [1.29, 1.82) is 0 Å². The van der Waals surface area contributed by atoms with Gasteiger partial charge >= 0.3 is 0 Å². The van der Waals surface area contributed by atoms with Gasteiger partial charge in [-0.1, -0.05) is 21.3 Å². The van der Waals surface area contributed by atoms with Crippen molar-refractivity contribution in [3.8, 4) is 0 Å². The van der Waals surface area contributed by atoms with E-state index < -0.39 is 0 Å². The molecule has 0 aromatic carbocycles. The highest BCUT2D eigenvalue weighted by molar-refractivity contribution is 5.22. The summed E-state index contributed by atoms with van der Waals surface area (Å²) < 4.78 is 0. The number of pyridine rings is 1. The number of fused-ring (bicyclic) bond motifs is 1. The molecule has 1 aromatic rings. The lowest BCUT2D eigenvalue weighted by molar-refractivity contribution is 0.119. The van der Waals surface area contributed by atoms with E-state index in [2.05, 4.69) is 21.8 Å². The third kappa shape index (κ3) is 4.68. The van der Waals surface area contributed by atoms with Crippen molar-refractivity contribution in [3.05, 3.63) is 33.7 Å². The van der Waals surface area contributed by atoms with Gasteiger partial charge in [0.1, 0.15) is 0 Å². The smallest absolute Gasteiger partial charge is 0.186 e. The van der Waals surface area contributed by atoms with Crippen molar-refractivity contribution in [2.24, 2.45) is 5.92 Å². The molecule has 0 radical (unpaired) electrons. The van der Waals surface area contributed by atoms with Crippen LogP contribution in [0.1, 0.15) is 45.4 Å². The zero-order valence-corrected chi connectivity index (χ0v) is 13.7. The van der Waals surface area contributed by atoms with Gasteiger partial charge in [0.15, 0.2) is 5.43 Å². The Kier molecular flexibility index (Phi) is 7.83. The second-order valence-corrected chi connectivity index (χ2v) is 6.05. The lowest BCUT2D eigenvalue weighted by Crippen LogP contribution is -2.44. The summed E-state index contributed by atoms with van der Waals surface area (Å²) in [4.78, 5) is 19.9. The van der Waals surface area contributed by atoms with Crippen LogP contribution in [-0.4, -0.2) is 48.0 Å². The van der Waals surface area contributed by atoms with Crippen LogP contribution in [0.3, 0.4) is 0 Å². The molecule has 2 aliphatic heterocycles. The zero-order valence-electron chi connectivity index (χ0n) is 13.7. The van der Waals surface area contributed by atoms with Crippen molar-refractivity contribution in [2.75, 3.05) is 33.2 Å². The van der Waals surface area contributed by atoms with E-state index in [1.165, 1.54) is 25.9 Å². The van der Waals surface area contributed by atoms with Gasteiger partial charge in [-0.05, 0) is 32.4 Å². The van der Waals surface area contributed by atoms with Crippen molar-refractivity contribution in [2.45, 2.75) is 47.1 Å². The van der Waals surface area contributed by atoms with Gasteiger partial charge in [-0.3, -0.25) is 9.69 Å². The molecule has 0 amide bonds. The second-order valence-electron chi connectivity index (χ2n) is 6.05. The van der Waals surface area contributed by atoms with Crippen LogP contribution in [-0.2, 0) is 13.0 Å². The Morgan fingerprint density at radius 3 is 2.73 bits per heavy atom. The number of likely N-dealkylation sites (tertiary alicyclic amines) is 1. The standard InChI is InChI=1S/C15H23N3O.C2H6.CH4/c1-17-9-12(10-17)3-2-7-18-8-5-14-13(11-18)15(19)4-6-16-14;1-2;/h4,6,12H,2-3,5,7-11H2,1H3,(H,16,19);1-2H3;1H4. The fourth-order valence-electron chi connectivity index (χ4n) is 3.33. The molecule has 1 aromatic heterocycles. The maximum absolute atomic E-state index is 11.8. The maximum atomic E-state index is 11.8. The largest absolute Gasteiger partial charge is 0.364 e. The number of nitrogens with one attached hydrogen (secondary N) is 1. The number of hydrogen-bond donors (Lipinski definition) is 1. The first kappa shape index (κ1) is 18.9. The SMILES string of the molecule is C.CC.CN1CC(CCCN2CCc3[nH]ccc(=O)c3C2)C1. The third-order valence-corrected chi connectivity index (χ3v) is 4.44. The molecule has 0 aliphatic carbocycles. The van der Waals surface area contributed by atoms with Crippen LogP contribution in [0.15, 0.2) is 17.1 Å². The summed E-state index contributed by atoms with van der Waals surface area (Å²) in [6.45, 7) is 9.58. The van der Waals surface area contributed by atoms with Gasteiger partial charge in [0, 0.05) is 56.1 Å². The van der Waals surface area contributed by atoms with E-state index in [-0.39, 0.29) is 12.9 Å². The minimum Gasteiger partial charge on any atom is -0.364 e. The summed E-state index contributed by atoms with van der Waals surface area (Å²) >= 11 is 0. The fourth-order valence-corrected chi connectivity index (χ4v) is 3.33. The Balaban J connectivity index is 0.000000775. The van der Waals surface area contributed by atoms with E-state index in [9.17, 15) is 4.79 Å². The number of aromatic amines is 1. The van der Waals surface area contributed by atoms with E-state index in [0.717, 1.165) is 43.2 Å². The molecular formula is C18H33N3O. The molecule has 0 bridgehead atoms. The monoisotopic (exact) mass is 307 g/mol. The summed E-state index contributed by atoms with van der Waals surface area (Å²) in [7, 11) is 2.18. The second kappa shape index (κ2) is 9.11.